The Morgan fingerprint density at radius 2 is 2.06 bits per heavy atom. The normalized spacial score (nSPS) is 22.4. The molecule has 0 radical (unpaired) electrons. The molecule has 1 aromatic rings. The molecule has 0 saturated carbocycles. The summed E-state index contributed by atoms with van der Waals surface area (Å²) in [4.78, 5) is 13.7. The lowest BCUT2D eigenvalue weighted by molar-refractivity contribution is -0.117. The number of carbonyl (C=O) groups is 1. The van der Waals surface area contributed by atoms with Crippen LogP contribution in [0.4, 0.5) is 5.69 Å². The lowest BCUT2D eigenvalue weighted by Gasteiger charge is -2.22. The van der Waals surface area contributed by atoms with Crippen molar-refractivity contribution in [1.29, 1.82) is 0 Å². The van der Waals surface area contributed by atoms with E-state index in [0.29, 0.717) is 25.6 Å². The lowest BCUT2D eigenvalue weighted by Crippen LogP contribution is -2.25. The van der Waals surface area contributed by atoms with Crippen molar-refractivity contribution in [3.8, 4) is 11.5 Å². The van der Waals surface area contributed by atoms with Crippen LogP contribution in [0.5, 0.6) is 11.5 Å². The monoisotopic (exact) mass is 265 g/mol. The van der Waals surface area contributed by atoms with Crippen LogP contribution in [0.2, 0.25) is 0 Å². The third-order valence-corrected chi connectivity index (χ3v) is 3.82. The summed E-state index contributed by atoms with van der Waals surface area (Å²) in [6.45, 7) is 1.88. The van der Waals surface area contributed by atoms with Gasteiger partial charge in [0, 0.05) is 24.7 Å². The van der Waals surface area contributed by atoms with Crippen molar-refractivity contribution in [3.05, 3.63) is 18.2 Å². The Balaban J connectivity index is 1.86. The fourth-order valence-electron chi connectivity index (χ4n) is 2.35. The molecule has 0 spiro atoms. The number of hydrogen-bond donors (Lipinski definition) is 1. The molecule has 2 aliphatic rings. The van der Waals surface area contributed by atoms with Crippen molar-refractivity contribution >= 4 is 24.2 Å². The van der Waals surface area contributed by atoms with Crippen LogP contribution >= 0.6 is 12.6 Å². The molecule has 1 fully saturated rings. The van der Waals surface area contributed by atoms with Crippen LogP contribution in [0.25, 0.3) is 0 Å². The Kier molecular flexibility index (Phi) is 3.07. The van der Waals surface area contributed by atoms with Gasteiger partial charge in [-0.3, -0.25) is 4.79 Å². The summed E-state index contributed by atoms with van der Waals surface area (Å²) in [6, 6.07) is 5.66. The number of thiol groups is 1. The van der Waals surface area contributed by atoms with Crippen molar-refractivity contribution in [1.82, 2.24) is 0 Å². The topological polar surface area (TPSA) is 38.8 Å². The molecule has 1 atom stereocenters. The van der Waals surface area contributed by atoms with E-state index in [4.69, 9.17) is 9.47 Å². The summed E-state index contributed by atoms with van der Waals surface area (Å²) < 4.78 is 11.0. The Labute approximate surface area is 111 Å². The highest BCUT2D eigenvalue weighted by Crippen LogP contribution is 2.35. The molecule has 5 heteroatoms. The van der Waals surface area contributed by atoms with Crippen LogP contribution < -0.4 is 14.4 Å². The number of nitrogens with zero attached hydrogens (tertiary/aromatic N) is 1. The fraction of sp³-hybridized carbons (Fsp3) is 0.462. The van der Waals surface area contributed by atoms with Crippen molar-refractivity contribution in [2.75, 3.05) is 30.4 Å². The van der Waals surface area contributed by atoms with E-state index in [-0.39, 0.29) is 5.91 Å². The number of hydrogen-bond acceptors (Lipinski definition) is 4. The summed E-state index contributed by atoms with van der Waals surface area (Å²) in [5, 5.41) is 0. The molecular weight excluding hydrogens is 250 g/mol. The predicted molar refractivity (Wildman–Crippen MR) is 71.7 cm³/mol. The van der Waals surface area contributed by atoms with Crippen LogP contribution in [-0.4, -0.2) is 31.4 Å². The molecular formula is C13H15NO3S. The number of carbonyl (C=O) groups excluding carboxylic acids is 1. The number of anilines is 1. The van der Waals surface area contributed by atoms with Gasteiger partial charge in [0.15, 0.2) is 11.5 Å². The summed E-state index contributed by atoms with van der Waals surface area (Å²) in [5.74, 6) is 2.72. The van der Waals surface area contributed by atoms with Crippen molar-refractivity contribution in [2.24, 2.45) is 5.92 Å². The Morgan fingerprint density at radius 1 is 1.28 bits per heavy atom. The number of fused-ring (bicyclic) bond motifs is 1. The molecule has 4 nitrogen and oxygen atoms in total. The lowest BCUT2D eigenvalue weighted by atomic mass is 10.1. The van der Waals surface area contributed by atoms with Crippen molar-refractivity contribution < 1.29 is 14.3 Å². The second-order valence-corrected chi connectivity index (χ2v) is 4.95. The highest BCUT2D eigenvalue weighted by atomic mass is 32.1. The molecule has 1 amide bonds. The van der Waals surface area contributed by atoms with Crippen LogP contribution in [0, 0.1) is 5.92 Å². The molecule has 1 unspecified atom stereocenters. The van der Waals surface area contributed by atoms with Gasteiger partial charge < -0.3 is 14.4 Å². The molecule has 2 aliphatic heterocycles. The van der Waals surface area contributed by atoms with Crippen LogP contribution in [-0.2, 0) is 4.79 Å². The highest BCUT2D eigenvalue weighted by molar-refractivity contribution is 7.80. The number of ether oxygens (including phenoxy) is 2. The first-order valence-electron chi connectivity index (χ1n) is 6.09. The Hall–Kier alpha value is -1.36. The van der Waals surface area contributed by atoms with E-state index < -0.39 is 0 Å². The van der Waals surface area contributed by atoms with Crippen LogP contribution in [0.15, 0.2) is 18.2 Å². The van der Waals surface area contributed by atoms with Crippen molar-refractivity contribution in [3.63, 3.8) is 0 Å². The first-order chi connectivity index (χ1) is 8.78. The average molecular weight is 265 g/mol. The van der Waals surface area contributed by atoms with Crippen molar-refractivity contribution in [2.45, 2.75) is 6.42 Å². The largest absolute Gasteiger partial charge is 0.486 e. The number of benzene rings is 1. The molecule has 96 valence electrons. The number of amides is 1. The van der Waals surface area contributed by atoms with E-state index >= 15 is 0 Å². The minimum absolute atomic E-state index is 0.158. The summed E-state index contributed by atoms with van der Waals surface area (Å²) in [5.41, 5.74) is 0.883. The third-order valence-electron chi connectivity index (χ3n) is 3.30. The smallest absolute Gasteiger partial charge is 0.227 e. The average Bonchev–Trinajstić information content (AvgIpc) is 2.79. The summed E-state index contributed by atoms with van der Waals surface area (Å²) in [6.07, 6.45) is 0.581. The van der Waals surface area contributed by atoms with Gasteiger partial charge in [-0.1, -0.05) is 0 Å². The number of rotatable bonds is 2. The molecule has 0 aromatic heterocycles. The summed E-state index contributed by atoms with van der Waals surface area (Å²) >= 11 is 4.27. The van der Waals surface area contributed by atoms with Gasteiger partial charge in [0.25, 0.3) is 0 Å². The maximum absolute atomic E-state index is 11.9. The second-order valence-electron chi connectivity index (χ2n) is 4.59. The van der Waals surface area contributed by atoms with Gasteiger partial charge in [-0.2, -0.15) is 12.6 Å². The Morgan fingerprint density at radius 3 is 2.78 bits per heavy atom. The maximum atomic E-state index is 11.9. The fourth-order valence-corrected chi connectivity index (χ4v) is 2.60. The summed E-state index contributed by atoms with van der Waals surface area (Å²) in [7, 11) is 0. The highest BCUT2D eigenvalue weighted by Gasteiger charge is 2.30. The van der Waals surface area contributed by atoms with Gasteiger partial charge in [-0.05, 0) is 23.8 Å². The quantitative estimate of drug-likeness (QED) is 0.828. The first-order valence-corrected chi connectivity index (χ1v) is 6.72. The van der Waals surface area contributed by atoms with E-state index in [0.717, 1.165) is 29.5 Å². The van der Waals surface area contributed by atoms with Crippen LogP contribution in [0.3, 0.4) is 0 Å². The minimum Gasteiger partial charge on any atom is -0.486 e. The van der Waals surface area contributed by atoms with Gasteiger partial charge in [0.05, 0.1) is 0 Å². The maximum Gasteiger partial charge on any atom is 0.227 e. The Bertz CT molecular complexity index is 477. The zero-order valence-corrected chi connectivity index (χ0v) is 10.9. The SMILES string of the molecule is O=C1CC(CS)CN1c1ccc2c(c1)OCCO2. The van der Waals surface area contributed by atoms with Gasteiger partial charge in [-0.25, -0.2) is 0 Å². The van der Waals surface area contributed by atoms with E-state index in [1.165, 1.54) is 0 Å². The molecule has 2 heterocycles. The van der Waals surface area contributed by atoms with Crippen LogP contribution in [0.1, 0.15) is 6.42 Å². The standard InChI is InChI=1S/C13H15NO3S/c15-13-5-9(8-18)7-14(13)10-1-2-11-12(6-10)17-4-3-16-11/h1-2,6,9,18H,3-5,7-8H2. The van der Waals surface area contributed by atoms with Gasteiger partial charge in [-0.15, -0.1) is 0 Å². The molecule has 1 saturated heterocycles. The zero-order valence-electron chi connectivity index (χ0n) is 9.96. The minimum atomic E-state index is 0.158. The molecule has 18 heavy (non-hydrogen) atoms. The third kappa shape index (κ3) is 2.03. The molecule has 0 aliphatic carbocycles. The first kappa shape index (κ1) is 11.7. The van der Waals surface area contributed by atoms with Gasteiger partial charge in [0.2, 0.25) is 5.91 Å². The van der Waals surface area contributed by atoms with E-state index in [1.54, 1.807) is 4.90 Å². The second kappa shape index (κ2) is 4.72. The van der Waals surface area contributed by atoms with Gasteiger partial charge in [0.1, 0.15) is 13.2 Å². The molecule has 3 rings (SSSR count). The van der Waals surface area contributed by atoms with E-state index in [9.17, 15) is 4.79 Å². The predicted octanol–water partition coefficient (Wildman–Crippen LogP) is 1.74. The molecule has 0 bridgehead atoms. The van der Waals surface area contributed by atoms with E-state index in [1.807, 2.05) is 18.2 Å². The van der Waals surface area contributed by atoms with Gasteiger partial charge >= 0.3 is 0 Å². The molecule has 0 N–H and O–H groups in total. The van der Waals surface area contributed by atoms with E-state index in [2.05, 4.69) is 12.6 Å². The molecule has 1 aromatic carbocycles. The zero-order chi connectivity index (χ0) is 12.5.